The Labute approximate surface area is 104 Å². The molecule has 1 aliphatic carbocycles. The molecule has 2 aliphatic rings. The first-order valence-corrected chi connectivity index (χ1v) is 7.48. The zero-order valence-corrected chi connectivity index (χ0v) is 11.2. The SMILES string of the molecule is Cl.O=S(=O)(CCC1CCC1)N1CCNCC1. The lowest BCUT2D eigenvalue weighted by Gasteiger charge is -2.29. The number of sulfonamides is 1. The number of hydrogen-bond donors (Lipinski definition) is 1. The van der Waals surface area contributed by atoms with Gasteiger partial charge in [0.1, 0.15) is 0 Å². The second kappa shape index (κ2) is 6.19. The molecule has 1 saturated carbocycles. The summed E-state index contributed by atoms with van der Waals surface area (Å²) in [6.45, 7) is 2.88. The van der Waals surface area contributed by atoms with Crippen molar-refractivity contribution >= 4 is 22.4 Å². The van der Waals surface area contributed by atoms with Gasteiger partial charge < -0.3 is 5.32 Å². The molecule has 0 aromatic heterocycles. The van der Waals surface area contributed by atoms with Crippen molar-refractivity contribution < 1.29 is 8.42 Å². The molecule has 96 valence electrons. The van der Waals surface area contributed by atoms with Crippen molar-refractivity contribution in [2.75, 3.05) is 31.9 Å². The predicted molar refractivity (Wildman–Crippen MR) is 67.4 cm³/mol. The monoisotopic (exact) mass is 268 g/mol. The average Bonchev–Trinajstić information content (AvgIpc) is 2.16. The number of hydrogen-bond acceptors (Lipinski definition) is 3. The van der Waals surface area contributed by atoms with Crippen molar-refractivity contribution in [3.05, 3.63) is 0 Å². The minimum Gasteiger partial charge on any atom is -0.314 e. The lowest BCUT2D eigenvalue weighted by atomic mass is 9.84. The smallest absolute Gasteiger partial charge is 0.214 e. The second-order valence-corrected chi connectivity index (χ2v) is 6.64. The molecular weight excluding hydrogens is 248 g/mol. The van der Waals surface area contributed by atoms with Crippen molar-refractivity contribution in [2.45, 2.75) is 25.7 Å². The minimum absolute atomic E-state index is 0. The van der Waals surface area contributed by atoms with Crippen LogP contribution in [0.15, 0.2) is 0 Å². The molecule has 0 unspecified atom stereocenters. The zero-order valence-electron chi connectivity index (χ0n) is 9.52. The van der Waals surface area contributed by atoms with E-state index >= 15 is 0 Å². The van der Waals surface area contributed by atoms with Crippen molar-refractivity contribution in [3.63, 3.8) is 0 Å². The fraction of sp³-hybridized carbons (Fsp3) is 1.00. The lowest BCUT2D eigenvalue weighted by Crippen LogP contribution is -2.47. The van der Waals surface area contributed by atoms with Gasteiger partial charge in [-0.2, -0.15) is 4.31 Å². The van der Waals surface area contributed by atoms with E-state index in [1.807, 2.05) is 0 Å². The Bertz CT molecular complexity index is 298. The predicted octanol–water partition coefficient (Wildman–Crippen LogP) is 0.833. The van der Waals surface area contributed by atoms with Crippen LogP contribution in [0.1, 0.15) is 25.7 Å². The Hall–Kier alpha value is 0.160. The number of nitrogens with one attached hydrogen (secondary N) is 1. The van der Waals surface area contributed by atoms with Crippen LogP contribution in [-0.4, -0.2) is 44.7 Å². The molecule has 6 heteroatoms. The summed E-state index contributed by atoms with van der Waals surface area (Å²) >= 11 is 0. The van der Waals surface area contributed by atoms with Crippen molar-refractivity contribution in [1.82, 2.24) is 9.62 Å². The van der Waals surface area contributed by atoms with Crippen LogP contribution in [0.3, 0.4) is 0 Å². The van der Waals surface area contributed by atoms with Gasteiger partial charge in [0.15, 0.2) is 0 Å². The molecule has 1 saturated heterocycles. The summed E-state index contributed by atoms with van der Waals surface area (Å²) in [6.07, 6.45) is 4.62. The van der Waals surface area contributed by atoms with Gasteiger partial charge in [-0.05, 0) is 12.3 Å². The third kappa shape index (κ3) is 3.58. The first kappa shape index (κ1) is 14.2. The molecule has 2 rings (SSSR count). The van der Waals surface area contributed by atoms with E-state index in [9.17, 15) is 8.42 Å². The Morgan fingerprint density at radius 1 is 1.19 bits per heavy atom. The van der Waals surface area contributed by atoms with Gasteiger partial charge in [0, 0.05) is 26.2 Å². The van der Waals surface area contributed by atoms with Crippen LogP contribution in [0.4, 0.5) is 0 Å². The Balaban J connectivity index is 0.00000128. The van der Waals surface area contributed by atoms with Gasteiger partial charge >= 0.3 is 0 Å². The van der Waals surface area contributed by atoms with Crippen LogP contribution in [0.25, 0.3) is 0 Å². The molecular formula is C10H21ClN2O2S. The summed E-state index contributed by atoms with van der Waals surface area (Å²) in [5.74, 6) is 1.04. The van der Waals surface area contributed by atoms with Crippen LogP contribution in [0.2, 0.25) is 0 Å². The van der Waals surface area contributed by atoms with Crippen LogP contribution >= 0.6 is 12.4 Å². The largest absolute Gasteiger partial charge is 0.314 e. The highest BCUT2D eigenvalue weighted by atomic mass is 35.5. The minimum atomic E-state index is -2.96. The molecule has 0 amide bonds. The summed E-state index contributed by atoms with van der Waals surface area (Å²) in [7, 11) is -2.96. The Morgan fingerprint density at radius 2 is 1.81 bits per heavy atom. The van der Waals surface area contributed by atoms with E-state index in [1.54, 1.807) is 4.31 Å². The van der Waals surface area contributed by atoms with Crippen molar-refractivity contribution in [1.29, 1.82) is 0 Å². The molecule has 4 nitrogen and oxygen atoms in total. The lowest BCUT2D eigenvalue weighted by molar-refractivity contribution is 0.302. The molecule has 0 bridgehead atoms. The fourth-order valence-electron chi connectivity index (χ4n) is 2.15. The highest BCUT2D eigenvalue weighted by molar-refractivity contribution is 7.89. The standard InChI is InChI=1S/C10H20N2O2S.ClH/c13-15(14,9-4-10-2-1-3-10)12-7-5-11-6-8-12;/h10-11H,1-9H2;1H. The summed E-state index contributed by atoms with van der Waals surface area (Å²) in [5, 5.41) is 3.17. The normalized spacial score (nSPS) is 23.5. The third-order valence-corrected chi connectivity index (χ3v) is 5.38. The maximum atomic E-state index is 11.9. The summed E-state index contributed by atoms with van der Waals surface area (Å²) in [4.78, 5) is 0. The average molecular weight is 269 g/mol. The molecule has 0 aromatic rings. The van der Waals surface area contributed by atoms with Gasteiger partial charge in [-0.1, -0.05) is 19.3 Å². The summed E-state index contributed by atoms with van der Waals surface area (Å²) in [6, 6.07) is 0. The second-order valence-electron chi connectivity index (χ2n) is 4.55. The molecule has 1 heterocycles. The molecule has 1 N–H and O–H groups in total. The van der Waals surface area contributed by atoms with E-state index in [0.29, 0.717) is 24.8 Å². The first-order chi connectivity index (χ1) is 7.18. The topological polar surface area (TPSA) is 49.4 Å². The zero-order chi connectivity index (χ0) is 10.7. The van der Waals surface area contributed by atoms with Gasteiger partial charge in [-0.3, -0.25) is 0 Å². The third-order valence-electron chi connectivity index (χ3n) is 3.48. The Kier molecular flexibility index (Phi) is 5.50. The quantitative estimate of drug-likeness (QED) is 0.822. The fourth-order valence-corrected chi connectivity index (χ4v) is 3.78. The van der Waals surface area contributed by atoms with Gasteiger partial charge in [-0.25, -0.2) is 8.42 Å². The van der Waals surface area contributed by atoms with Gasteiger partial charge in [0.25, 0.3) is 0 Å². The molecule has 1 aliphatic heterocycles. The summed E-state index contributed by atoms with van der Waals surface area (Å²) < 4.78 is 25.5. The molecule has 0 radical (unpaired) electrons. The highest BCUT2D eigenvalue weighted by Crippen LogP contribution is 2.29. The molecule has 2 fully saturated rings. The number of piperazine rings is 1. The molecule has 16 heavy (non-hydrogen) atoms. The van der Waals surface area contributed by atoms with E-state index in [2.05, 4.69) is 5.32 Å². The van der Waals surface area contributed by atoms with E-state index in [4.69, 9.17) is 0 Å². The Morgan fingerprint density at radius 3 is 2.31 bits per heavy atom. The molecule has 0 spiro atoms. The van der Waals surface area contributed by atoms with E-state index in [-0.39, 0.29) is 12.4 Å². The van der Waals surface area contributed by atoms with E-state index in [1.165, 1.54) is 19.3 Å². The van der Waals surface area contributed by atoms with Gasteiger partial charge in [0.2, 0.25) is 10.0 Å². The van der Waals surface area contributed by atoms with Crippen LogP contribution < -0.4 is 5.32 Å². The van der Waals surface area contributed by atoms with Crippen LogP contribution in [-0.2, 0) is 10.0 Å². The maximum absolute atomic E-state index is 11.9. The van der Waals surface area contributed by atoms with Crippen LogP contribution in [0, 0.1) is 5.92 Å². The molecule has 0 aromatic carbocycles. The van der Waals surface area contributed by atoms with E-state index in [0.717, 1.165) is 19.5 Å². The highest BCUT2D eigenvalue weighted by Gasteiger charge is 2.26. The van der Waals surface area contributed by atoms with Crippen LogP contribution in [0.5, 0.6) is 0 Å². The number of rotatable bonds is 4. The number of nitrogens with zero attached hydrogens (tertiary/aromatic N) is 1. The van der Waals surface area contributed by atoms with E-state index < -0.39 is 10.0 Å². The van der Waals surface area contributed by atoms with Gasteiger partial charge in [-0.15, -0.1) is 12.4 Å². The summed E-state index contributed by atoms with van der Waals surface area (Å²) in [5.41, 5.74) is 0. The number of halogens is 1. The van der Waals surface area contributed by atoms with Crippen molar-refractivity contribution in [2.24, 2.45) is 5.92 Å². The maximum Gasteiger partial charge on any atom is 0.214 e. The van der Waals surface area contributed by atoms with Crippen molar-refractivity contribution in [3.8, 4) is 0 Å². The van der Waals surface area contributed by atoms with Gasteiger partial charge in [0.05, 0.1) is 5.75 Å². The first-order valence-electron chi connectivity index (χ1n) is 5.87. The molecule has 0 atom stereocenters.